The van der Waals surface area contributed by atoms with Gasteiger partial charge in [-0.05, 0) is 68.5 Å². The van der Waals surface area contributed by atoms with Gasteiger partial charge in [-0.1, -0.05) is 91.0 Å². The van der Waals surface area contributed by atoms with Crippen LogP contribution in [0.3, 0.4) is 0 Å². The van der Waals surface area contributed by atoms with E-state index in [4.69, 9.17) is 23.2 Å². The first kappa shape index (κ1) is 31.9. The fraction of sp³-hybridized carbons (Fsp3) is 0.375. The molecule has 7 nitrogen and oxygen atoms in total. The maximum atomic E-state index is 14.3. The molecule has 0 heterocycles. The van der Waals surface area contributed by atoms with Gasteiger partial charge in [0.25, 0.3) is 10.0 Å². The summed E-state index contributed by atoms with van der Waals surface area (Å²) in [5.41, 5.74) is 2.80. The molecular weight excluding hydrogens is 593 g/mol. The molecule has 10 heteroatoms. The average Bonchev–Trinajstić information content (AvgIpc) is 3.47. The number of rotatable bonds is 11. The second kappa shape index (κ2) is 13.9. The molecule has 1 aliphatic carbocycles. The van der Waals surface area contributed by atoms with Gasteiger partial charge in [0.15, 0.2) is 0 Å². The van der Waals surface area contributed by atoms with Crippen molar-refractivity contribution in [1.29, 1.82) is 0 Å². The molecule has 1 fully saturated rings. The minimum absolute atomic E-state index is 0.00779. The summed E-state index contributed by atoms with van der Waals surface area (Å²) in [5.74, 6) is -0.765. The fourth-order valence-electron chi connectivity index (χ4n) is 5.29. The third kappa shape index (κ3) is 7.28. The van der Waals surface area contributed by atoms with Crippen LogP contribution >= 0.6 is 23.2 Å². The van der Waals surface area contributed by atoms with Gasteiger partial charge in [0.1, 0.15) is 12.6 Å². The van der Waals surface area contributed by atoms with Crippen molar-refractivity contribution in [3.05, 3.63) is 93.5 Å². The van der Waals surface area contributed by atoms with E-state index >= 15 is 0 Å². The van der Waals surface area contributed by atoms with Crippen LogP contribution in [0.15, 0.2) is 71.6 Å². The highest BCUT2D eigenvalue weighted by atomic mass is 35.5. The van der Waals surface area contributed by atoms with E-state index in [2.05, 4.69) is 5.32 Å². The van der Waals surface area contributed by atoms with Crippen molar-refractivity contribution in [2.24, 2.45) is 0 Å². The number of sulfonamides is 1. The number of hydrogen-bond acceptors (Lipinski definition) is 4. The zero-order chi connectivity index (χ0) is 30.4. The summed E-state index contributed by atoms with van der Waals surface area (Å²) < 4.78 is 29.1. The molecule has 0 saturated heterocycles. The van der Waals surface area contributed by atoms with Crippen LogP contribution in [0, 0.1) is 13.8 Å². The van der Waals surface area contributed by atoms with Crippen molar-refractivity contribution in [3.63, 3.8) is 0 Å². The van der Waals surface area contributed by atoms with Crippen molar-refractivity contribution < 1.29 is 18.0 Å². The minimum atomic E-state index is -4.25. The van der Waals surface area contributed by atoms with Crippen LogP contribution in [0.1, 0.15) is 55.7 Å². The molecule has 42 heavy (non-hydrogen) atoms. The van der Waals surface area contributed by atoms with E-state index in [0.717, 1.165) is 46.7 Å². The van der Waals surface area contributed by atoms with Crippen molar-refractivity contribution >= 4 is 50.7 Å². The first-order valence-corrected chi connectivity index (χ1v) is 16.4. The molecule has 1 N–H and O–H groups in total. The van der Waals surface area contributed by atoms with E-state index in [1.54, 1.807) is 24.3 Å². The van der Waals surface area contributed by atoms with Gasteiger partial charge in [-0.15, -0.1) is 0 Å². The van der Waals surface area contributed by atoms with Crippen molar-refractivity contribution in [1.82, 2.24) is 10.2 Å². The zero-order valence-corrected chi connectivity index (χ0v) is 26.5. The maximum Gasteiger partial charge on any atom is 0.264 e. The molecule has 4 rings (SSSR count). The van der Waals surface area contributed by atoms with Gasteiger partial charge >= 0.3 is 0 Å². The number of aryl methyl sites for hydroxylation is 2. The van der Waals surface area contributed by atoms with Crippen molar-refractivity contribution in [2.75, 3.05) is 10.8 Å². The van der Waals surface area contributed by atoms with Crippen LogP contribution < -0.4 is 9.62 Å². The molecule has 3 aromatic carbocycles. The highest BCUT2D eigenvalue weighted by molar-refractivity contribution is 7.92. The number of carbonyl (C=O) groups is 2. The smallest absolute Gasteiger partial charge is 0.264 e. The van der Waals surface area contributed by atoms with Gasteiger partial charge in [-0.3, -0.25) is 13.9 Å². The Balaban J connectivity index is 1.75. The summed E-state index contributed by atoms with van der Waals surface area (Å²) in [5, 5.41) is 3.30. The Morgan fingerprint density at radius 2 is 1.62 bits per heavy atom. The topological polar surface area (TPSA) is 86.8 Å². The molecule has 1 saturated carbocycles. The fourth-order valence-corrected chi connectivity index (χ4v) is 7.17. The molecule has 2 amide bonds. The average molecular weight is 631 g/mol. The first-order valence-electron chi connectivity index (χ1n) is 14.2. The van der Waals surface area contributed by atoms with E-state index in [0.29, 0.717) is 6.42 Å². The Hall–Kier alpha value is -3.07. The number of anilines is 1. The number of hydrogen-bond donors (Lipinski definition) is 1. The monoisotopic (exact) mass is 629 g/mol. The standard InChI is InChI=1S/C32H37Cl2N3O4S/c1-4-28(32(39)35-25-12-7-8-13-25)36(20-24-11-6-5-10-23(24)3)30(38)21-37(29-15-9-14-27(33)31(29)34)42(40,41)26-18-16-22(2)17-19-26/h5-6,9-11,14-19,25,28H,4,7-8,12-13,20-21H2,1-3H3,(H,35,39). The summed E-state index contributed by atoms with van der Waals surface area (Å²) in [7, 11) is -4.25. The Bertz CT molecular complexity index is 1520. The summed E-state index contributed by atoms with van der Waals surface area (Å²) in [6, 6.07) is 17.9. The van der Waals surface area contributed by atoms with Gasteiger partial charge in [0.05, 0.1) is 20.6 Å². The molecule has 0 aliphatic heterocycles. The predicted molar refractivity (Wildman–Crippen MR) is 168 cm³/mol. The molecule has 1 unspecified atom stereocenters. The van der Waals surface area contributed by atoms with Crippen LogP contribution in [-0.2, 0) is 26.2 Å². The lowest BCUT2D eigenvalue weighted by atomic mass is 10.1. The number of nitrogens with zero attached hydrogens (tertiary/aromatic N) is 2. The lowest BCUT2D eigenvalue weighted by Crippen LogP contribution is -2.53. The molecule has 0 aromatic heterocycles. The van der Waals surface area contributed by atoms with E-state index in [1.165, 1.54) is 23.1 Å². The maximum absolute atomic E-state index is 14.3. The second-order valence-electron chi connectivity index (χ2n) is 10.8. The number of carbonyl (C=O) groups excluding carboxylic acids is 2. The van der Waals surface area contributed by atoms with E-state index in [1.807, 2.05) is 45.0 Å². The first-order chi connectivity index (χ1) is 20.0. The third-order valence-corrected chi connectivity index (χ3v) is 10.4. The zero-order valence-electron chi connectivity index (χ0n) is 24.1. The number of amides is 2. The molecule has 1 aliphatic rings. The number of halogens is 2. The molecule has 0 bridgehead atoms. The van der Waals surface area contributed by atoms with E-state index < -0.39 is 28.5 Å². The third-order valence-electron chi connectivity index (χ3n) is 7.78. The van der Waals surface area contributed by atoms with E-state index in [9.17, 15) is 18.0 Å². The molecule has 3 aromatic rings. The second-order valence-corrected chi connectivity index (χ2v) is 13.4. The summed E-state index contributed by atoms with van der Waals surface area (Å²) in [6.45, 7) is 5.22. The normalized spacial score (nSPS) is 14.4. The SMILES string of the molecule is CCC(C(=O)NC1CCCC1)N(Cc1ccccc1C)C(=O)CN(c1cccc(Cl)c1Cl)S(=O)(=O)c1ccc(C)cc1. The van der Waals surface area contributed by atoms with Gasteiger partial charge < -0.3 is 10.2 Å². The van der Waals surface area contributed by atoms with Gasteiger partial charge in [-0.2, -0.15) is 0 Å². The lowest BCUT2D eigenvalue weighted by Gasteiger charge is -2.34. The Kier molecular flexibility index (Phi) is 10.6. The van der Waals surface area contributed by atoms with Crippen LogP contribution in [0.25, 0.3) is 0 Å². The lowest BCUT2D eigenvalue weighted by molar-refractivity contribution is -0.140. The molecular formula is C32H37Cl2N3O4S. The summed E-state index contributed by atoms with van der Waals surface area (Å²) in [4.78, 5) is 29.4. The Morgan fingerprint density at radius 1 is 0.952 bits per heavy atom. The van der Waals surface area contributed by atoms with Crippen molar-refractivity contribution in [2.45, 2.75) is 76.4 Å². The molecule has 0 spiro atoms. The predicted octanol–water partition coefficient (Wildman–Crippen LogP) is 6.67. The van der Waals surface area contributed by atoms with Gasteiger partial charge in [0, 0.05) is 12.6 Å². The Morgan fingerprint density at radius 3 is 2.26 bits per heavy atom. The van der Waals surface area contributed by atoms with Crippen LogP contribution in [0.2, 0.25) is 10.0 Å². The number of nitrogens with one attached hydrogen (secondary N) is 1. The number of benzene rings is 3. The highest BCUT2D eigenvalue weighted by Crippen LogP contribution is 2.35. The van der Waals surface area contributed by atoms with Crippen LogP contribution in [-0.4, -0.2) is 43.8 Å². The highest BCUT2D eigenvalue weighted by Gasteiger charge is 2.35. The summed E-state index contributed by atoms with van der Waals surface area (Å²) in [6.07, 6.45) is 4.28. The Labute approximate surface area is 258 Å². The van der Waals surface area contributed by atoms with Gasteiger partial charge in [0.2, 0.25) is 11.8 Å². The minimum Gasteiger partial charge on any atom is -0.352 e. The molecule has 224 valence electrons. The summed E-state index contributed by atoms with van der Waals surface area (Å²) >= 11 is 12.8. The van der Waals surface area contributed by atoms with E-state index in [-0.39, 0.29) is 39.1 Å². The quantitative estimate of drug-likeness (QED) is 0.256. The van der Waals surface area contributed by atoms with Gasteiger partial charge in [-0.25, -0.2) is 8.42 Å². The molecule has 0 radical (unpaired) electrons. The van der Waals surface area contributed by atoms with Crippen LogP contribution in [0.5, 0.6) is 0 Å². The largest absolute Gasteiger partial charge is 0.352 e. The van der Waals surface area contributed by atoms with Crippen molar-refractivity contribution in [3.8, 4) is 0 Å². The van der Waals surface area contributed by atoms with Crippen LogP contribution in [0.4, 0.5) is 5.69 Å². The molecule has 1 atom stereocenters.